The molecule has 1 rings (SSSR count). The minimum absolute atomic E-state index is 0.0111. The average Bonchev–Trinajstić information content (AvgIpc) is 2.26. The zero-order valence-corrected chi connectivity index (χ0v) is 11.8. The molecule has 1 aromatic rings. The number of ether oxygens (including phenoxy) is 1. The van der Waals surface area contributed by atoms with Crippen molar-refractivity contribution < 1.29 is 23.1 Å². The second-order valence-corrected chi connectivity index (χ2v) is 6.26. The Labute approximate surface area is 112 Å². The molecule has 0 unspecified atom stereocenters. The molecule has 7 heteroatoms. The number of benzene rings is 1. The summed E-state index contributed by atoms with van der Waals surface area (Å²) in [5, 5.41) is 8.90. The summed E-state index contributed by atoms with van der Waals surface area (Å²) >= 11 is 0. The molecule has 0 fully saturated rings. The Balaban J connectivity index is 3.11. The zero-order valence-electron chi connectivity index (χ0n) is 11.0. The molecule has 1 aromatic carbocycles. The van der Waals surface area contributed by atoms with Crippen LogP contribution in [0.25, 0.3) is 0 Å². The Hall–Kier alpha value is -1.76. The SMILES string of the molecule is COc1ccc(C(=O)O)cc1NS(=O)(=O)CC(C)C. The Kier molecular flexibility index (Phi) is 4.77. The van der Waals surface area contributed by atoms with Crippen LogP contribution >= 0.6 is 0 Å². The molecule has 0 bridgehead atoms. The highest BCUT2D eigenvalue weighted by molar-refractivity contribution is 7.92. The van der Waals surface area contributed by atoms with Crippen LogP contribution in [0.1, 0.15) is 24.2 Å². The largest absolute Gasteiger partial charge is 0.495 e. The topological polar surface area (TPSA) is 92.7 Å². The van der Waals surface area contributed by atoms with Crippen LogP contribution in [-0.4, -0.2) is 32.4 Å². The molecule has 0 saturated heterocycles. The minimum Gasteiger partial charge on any atom is -0.495 e. The molecular formula is C12H17NO5S. The van der Waals surface area contributed by atoms with Crippen LogP contribution in [0.15, 0.2) is 18.2 Å². The van der Waals surface area contributed by atoms with Gasteiger partial charge in [0.25, 0.3) is 0 Å². The Morgan fingerprint density at radius 2 is 2.05 bits per heavy atom. The van der Waals surface area contributed by atoms with Crippen molar-refractivity contribution in [3.8, 4) is 5.75 Å². The summed E-state index contributed by atoms with van der Waals surface area (Å²) in [5.74, 6) is -0.941. The van der Waals surface area contributed by atoms with E-state index in [0.717, 1.165) is 0 Å². The average molecular weight is 287 g/mol. The summed E-state index contributed by atoms with van der Waals surface area (Å²) in [5.41, 5.74) is 0.117. The van der Waals surface area contributed by atoms with E-state index < -0.39 is 16.0 Å². The zero-order chi connectivity index (χ0) is 14.6. The van der Waals surface area contributed by atoms with Gasteiger partial charge in [0.2, 0.25) is 10.0 Å². The number of aromatic carboxylic acids is 1. The third-order valence-electron chi connectivity index (χ3n) is 2.26. The van der Waals surface area contributed by atoms with Crippen molar-refractivity contribution in [2.45, 2.75) is 13.8 Å². The van der Waals surface area contributed by atoms with E-state index in [9.17, 15) is 13.2 Å². The van der Waals surface area contributed by atoms with Gasteiger partial charge in [0.1, 0.15) is 5.75 Å². The van der Waals surface area contributed by atoms with Gasteiger partial charge in [-0.2, -0.15) is 0 Å². The van der Waals surface area contributed by atoms with E-state index in [1.54, 1.807) is 13.8 Å². The molecule has 0 radical (unpaired) electrons. The first kappa shape index (κ1) is 15.3. The highest BCUT2D eigenvalue weighted by Gasteiger charge is 2.17. The number of carboxylic acids is 1. The number of anilines is 1. The van der Waals surface area contributed by atoms with E-state index in [1.165, 1.54) is 25.3 Å². The third kappa shape index (κ3) is 4.44. The molecule has 0 saturated carbocycles. The van der Waals surface area contributed by atoms with Crippen molar-refractivity contribution in [3.63, 3.8) is 0 Å². The second-order valence-electron chi connectivity index (χ2n) is 4.50. The van der Waals surface area contributed by atoms with Gasteiger partial charge in [-0.3, -0.25) is 4.72 Å². The van der Waals surface area contributed by atoms with Crippen LogP contribution in [0, 0.1) is 5.92 Å². The molecular weight excluding hydrogens is 270 g/mol. The van der Waals surface area contributed by atoms with Crippen molar-refractivity contribution in [1.82, 2.24) is 0 Å². The molecule has 0 aromatic heterocycles. The maximum atomic E-state index is 11.8. The number of methoxy groups -OCH3 is 1. The van der Waals surface area contributed by atoms with Crippen molar-refractivity contribution in [2.24, 2.45) is 5.92 Å². The standard InChI is InChI=1S/C12H17NO5S/c1-8(2)7-19(16,17)13-10-6-9(12(14)15)4-5-11(10)18-3/h4-6,8,13H,7H2,1-3H3,(H,14,15). The Morgan fingerprint density at radius 3 is 2.53 bits per heavy atom. The second kappa shape index (κ2) is 5.92. The predicted octanol–water partition coefficient (Wildman–Crippen LogP) is 1.79. The lowest BCUT2D eigenvalue weighted by Gasteiger charge is -2.13. The monoisotopic (exact) mass is 287 g/mol. The van der Waals surface area contributed by atoms with E-state index in [1.807, 2.05) is 0 Å². The molecule has 0 spiro atoms. The molecule has 2 N–H and O–H groups in total. The van der Waals surface area contributed by atoms with Gasteiger partial charge in [-0.15, -0.1) is 0 Å². The molecule has 0 aliphatic carbocycles. The first-order chi connectivity index (χ1) is 8.75. The van der Waals surface area contributed by atoms with Gasteiger partial charge in [-0.05, 0) is 24.1 Å². The number of nitrogens with one attached hydrogen (secondary N) is 1. The number of rotatable bonds is 6. The van der Waals surface area contributed by atoms with E-state index in [-0.39, 0.29) is 28.7 Å². The fourth-order valence-electron chi connectivity index (χ4n) is 1.57. The number of carbonyl (C=O) groups is 1. The van der Waals surface area contributed by atoms with Gasteiger partial charge in [0, 0.05) is 0 Å². The van der Waals surface area contributed by atoms with Crippen LogP contribution in [0.2, 0.25) is 0 Å². The summed E-state index contributed by atoms with van der Waals surface area (Å²) in [6, 6.07) is 4.00. The van der Waals surface area contributed by atoms with Gasteiger partial charge < -0.3 is 9.84 Å². The summed E-state index contributed by atoms with van der Waals surface area (Å²) in [4.78, 5) is 10.9. The fraction of sp³-hybridized carbons (Fsp3) is 0.417. The number of carboxylic acid groups (broad SMARTS) is 1. The number of hydrogen-bond donors (Lipinski definition) is 2. The van der Waals surface area contributed by atoms with Crippen LogP contribution in [0.4, 0.5) is 5.69 Å². The lowest BCUT2D eigenvalue weighted by molar-refractivity contribution is 0.0697. The van der Waals surface area contributed by atoms with Gasteiger partial charge in [-0.1, -0.05) is 13.8 Å². The molecule has 0 aliphatic heterocycles. The molecule has 0 heterocycles. The van der Waals surface area contributed by atoms with Crippen LogP contribution in [-0.2, 0) is 10.0 Å². The first-order valence-corrected chi connectivity index (χ1v) is 7.32. The minimum atomic E-state index is -3.53. The first-order valence-electron chi connectivity index (χ1n) is 5.67. The quantitative estimate of drug-likeness (QED) is 0.832. The molecule has 106 valence electrons. The maximum absolute atomic E-state index is 11.8. The lowest BCUT2D eigenvalue weighted by atomic mass is 10.2. The van der Waals surface area contributed by atoms with E-state index in [0.29, 0.717) is 0 Å². The summed E-state index contributed by atoms with van der Waals surface area (Å²) < 4.78 is 31.1. The highest BCUT2D eigenvalue weighted by atomic mass is 32.2. The van der Waals surface area contributed by atoms with Crippen molar-refractivity contribution in [1.29, 1.82) is 0 Å². The summed E-state index contributed by atoms with van der Waals surface area (Å²) in [6.45, 7) is 3.56. The Morgan fingerprint density at radius 1 is 1.42 bits per heavy atom. The molecule has 19 heavy (non-hydrogen) atoms. The predicted molar refractivity (Wildman–Crippen MR) is 72.2 cm³/mol. The van der Waals surface area contributed by atoms with Gasteiger partial charge in [-0.25, -0.2) is 13.2 Å². The maximum Gasteiger partial charge on any atom is 0.335 e. The molecule has 0 atom stereocenters. The number of hydrogen-bond acceptors (Lipinski definition) is 4. The lowest BCUT2D eigenvalue weighted by Crippen LogP contribution is -2.20. The van der Waals surface area contributed by atoms with E-state index in [2.05, 4.69) is 4.72 Å². The number of sulfonamides is 1. The summed E-state index contributed by atoms with van der Waals surface area (Å²) in [7, 11) is -2.15. The van der Waals surface area contributed by atoms with Gasteiger partial charge >= 0.3 is 5.97 Å². The highest BCUT2D eigenvalue weighted by Crippen LogP contribution is 2.26. The smallest absolute Gasteiger partial charge is 0.335 e. The third-order valence-corrected chi connectivity index (χ3v) is 3.90. The van der Waals surface area contributed by atoms with Gasteiger partial charge in [0.15, 0.2) is 0 Å². The van der Waals surface area contributed by atoms with E-state index in [4.69, 9.17) is 9.84 Å². The Bertz CT molecular complexity index is 565. The van der Waals surface area contributed by atoms with Crippen molar-refractivity contribution in [3.05, 3.63) is 23.8 Å². The normalized spacial score (nSPS) is 11.4. The van der Waals surface area contributed by atoms with Crippen molar-refractivity contribution >= 4 is 21.7 Å². The summed E-state index contributed by atoms with van der Waals surface area (Å²) in [6.07, 6.45) is 0. The van der Waals surface area contributed by atoms with Crippen molar-refractivity contribution in [2.75, 3.05) is 17.6 Å². The molecule has 0 amide bonds. The van der Waals surface area contributed by atoms with Crippen LogP contribution in [0.5, 0.6) is 5.75 Å². The van der Waals surface area contributed by atoms with Crippen LogP contribution < -0.4 is 9.46 Å². The molecule has 6 nitrogen and oxygen atoms in total. The van der Waals surface area contributed by atoms with Crippen LogP contribution in [0.3, 0.4) is 0 Å². The molecule has 0 aliphatic rings. The van der Waals surface area contributed by atoms with E-state index >= 15 is 0 Å². The fourth-order valence-corrected chi connectivity index (χ4v) is 3.02. The van der Waals surface area contributed by atoms with Gasteiger partial charge in [0.05, 0.1) is 24.1 Å².